The lowest BCUT2D eigenvalue weighted by atomic mass is 9.82. The second-order valence-electron chi connectivity index (χ2n) is 6.60. The topological polar surface area (TPSA) is 47.6 Å². The highest BCUT2D eigenvalue weighted by molar-refractivity contribution is 14.1. The average Bonchev–Trinajstić information content (AvgIpc) is 2.61. The molecule has 0 aliphatic heterocycles. The highest BCUT2D eigenvalue weighted by atomic mass is 127. The van der Waals surface area contributed by atoms with Gasteiger partial charge in [0, 0.05) is 28.8 Å². The molecule has 1 saturated carbocycles. The second kappa shape index (κ2) is 10.7. The number of rotatable bonds is 8. The Morgan fingerprint density at radius 2 is 2.04 bits per heavy atom. The smallest absolute Gasteiger partial charge is 0.227 e. The number of anilines is 1. The zero-order chi connectivity index (χ0) is 18.2. The van der Waals surface area contributed by atoms with E-state index in [1.165, 1.54) is 6.42 Å². The number of halogens is 2. The van der Waals surface area contributed by atoms with E-state index in [1.54, 1.807) is 7.11 Å². The first-order valence-electron chi connectivity index (χ1n) is 8.96. The van der Waals surface area contributed by atoms with Gasteiger partial charge in [-0.3, -0.25) is 4.79 Å². The quantitative estimate of drug-likeness (QED) is 0.355. The first kappa shape index (κ1) is 21.0. The summed E-state index contributed by atoms with van der Waals surface area (Å²) in [6, 6.07) is 3.83. The lowest BCUT2D eigenvalue weighted by Crippen LogP contribution is -2.28. The fourth-order valence-electron chi connectivity index (χ4n) is 3.10. The van der Waals surface area contributed by atoms with E-state index in [4.69, 9.17) is 9.47 Å². The molecule has 0 saturated heterocycles. The molecule has 140 valence electrons. The number of hydrogen-bond acceptors (Lipinski definition) is 3. The number of carbonyl (C=O) groups is 1. The summed E-state index contributed by atoms with van der Waals surface area (Å²) in [5.74, 6) is 1.54. The van der Waals surface area contributed by atoms with Crippen molar-refractivity contribution in [2.75, 3.05) is 25.6 Å². The minimum absolute atomic E-state index is 0.0948. The maximum absolute atomic E-state index is 12.6. The summed E-state index contributed by atoms with van der Waals surface area (Å²) in [5.41, 5.74) is 0.815. The molecular weight excluding hydrogens is 497 g/mol. The van der Waals surface area contributed by atoms with Crippen molar-refractivity contribution in [1.29, 1.82) is 0 Å². The molecule has 1 N–H and O–H groups in total. The van der Waals surface area contributed by atoms with Gasteiger partial charge in [-0.05, 0) is 82.6 Å². The largest absolute Gasteiger partial charge is 0.495 e. The molecule has 4 nitrogen and oxygen atoms in total. The Morgan fingerprint density at radius 1 is 1.32 bits per heavy atom. The number of nitrogens with one attached hydrogen (secondary N) is 1. The van der Waals surface area contributed by atoms with Crippen LogP contribution in [0.3, 0.4) is 0 Å². The summed E-state index contributed by atoms with van der Waals surface area (Å²) in [6.45, 7) is 3.88. The Kier molecular flexibility index (Phi) is 8.99. The molecule has 6 heteroatoms. The van der Waals surface area contributed by atoms with E-state index in [1.807, 2.05) is 12.1 Å². The standard InChI is InChI=1S/C19H27BrINO3/c1-3-4-9-25-12-13-5-7-14(8-6-13)19(23)22-17-11-18(24-2)15(20)10-16(17)21/h10-11,13-14H,3-9,12H2,1-2H3,(H,22,23). The van der Waals surface area contributed by atoms with Gasteiger partial charge in [0.2, 0.25) is 5.91 Å². The Hall–Kier alpha value is -0.340. The zero-order valence-corrected chi connectivity index (χ0v) is 18.7. The van der Waals surface area contributed by atoms with E-state index in [-0.39, 0.29) is 11.8 Å². The monoisotopic (exact) mass is 523 g/mol. The van der Waals surface area contributed by atoms with Crippen LogP contribution in [0.15, 0.2) is 16.6 Å². The van der Waals surface area contributed by atoms with Crippen molar-refractivity contribution < 1.29 is 14.3 Å². The predicted molar refractivity (Wildman–Crippen MR) is 113 cm³/mol. The van der Waals surface area contributed by atoms with Gasteiger partial charge in [-0.1, -0.05) is 13.3 Å². The molecule has 1 aromatic carbocycles. The van der Waals surface area contributed by atoms with Gasteiger partial charge in [0.1, 0.15) is 5.75 Å². The highest BCUT2D eigenvalue weighted by Crippen LogP contribution is 2.34. The number of hydrogen-bond donors (Lipinski definition) is 1. The van der Waals surface area contributed by atoms with Crippen LogP contribution >= 0.6 is 38.5 Å². The molecule has 0 heterocycles. The molecule has 1 amide bonds. The van der Waals surface area contributed by atoms with Crippen LogP contribution in [-0.2, 0) is 9.53 Å². The second-order valence-corrected chi connectivity index (χ2v) is 8.62. The third kappa shape index (κ3) is 6.40. The van der Waals surface area contributed by atoms with Crippen LogP contribution in [0.1, 0.15) is 45.4 Å². The van der Waals surface area contributed by atoms with Crippen LogP contribution in [0, 0.1) is 15.4 Å². The van der Waals surface area contributed by atoms with Crippen molar-refractivity contribution in [3.8, 4) is 5.75 Å². The van der Waals surface area contributed by atoms with Gasteiger partial charge < -0.3 is 14.8 Å². The first-order valence-corrected chi connectivity index (χ1v) is 10.8. The van der Waals surface area contributed by atoms with Gasteiger partial charge in [0.15, 0.2) is 0 Å². The maximum atomic E-state index is 12.6. The predicted octanol–water partition coefficient (Wildman–Crippen LogP) is 5.62. The van der Waals surface area contributed by atoms with E-state index in [0.717, 1.165) is 64.8 Å². The van der Waals surface area contributed by atoms with Gasteiger partial charge in [0.25, 0.3) is 0 Å². The fraction of sp³-hybridized carbons (Fsp3) is 0.632. The van der Waals surface area contributed by atoms with Crippen molar-refractivity contribution in [2.24, 2.45) is 11.8 Å². The Morgan fingerprint density at radius 3 is 2.68 bits per heavy atom. The van der Waals surface area contributed by atoms with E-state index in [2.05, 4.69) is 50.8 Å². The molecule has 1 aliphatic carbocycles. The molecule has 1 aromatic rings. The van der Waals surface area contributed by atoms with Crippen molar-refractivity contribution in [2.45, 2.75) is 45.4 Å². The number of methoxy groups -OCH3 is 1. The molecule has 0 spiro atoms. The van der Waals surface area contributed by atoms with E-state index in [0.29, 0.717) is 5.92 Å². The summed E-state index contributed by atoms with van der Waals surface area (Å²) in [7, 11) is 1.63. The van der Waals surface area contributed by atoms with Gasteiger partial charge in [0.05, 0.1) is 17.3 Å². The molecule has 0 bridgehead atoms. The molecule has 0 atom stereocenters. The minimum Gasteiger partial charge on any atom is -0.495 e. The molecule has 25 heavy (non-hydrogen) atoms. The van der Waals surface area contributed by atoms with Crippen LogP contribution in [-0.4, -0.2) is 26.2 Å². The third-order valence-corrected chi connectivity index (χ3v) is 6.22. The van der Waals surface area contributed by atoms with Crippen LogP contribution in [0.4, 0.5) is 5.69 Å². The maximum Gasteiger partial charge on any atom is 0.227 e. The lowest BCUT2D eigenvalue weighted by molar-refractivity contribution is -0.121. The third-order valence-electron chi connectivity index (χ3n) is 4.71. The Balaban J connectivity index is 1.83. The van der Waals surface area contributed by atoms with Crippen molar-refractivity contribution >= 4 is 50.1 Å². The van der Waals surface area contributed by atoms with Gasteiger partial charge >= 0.3 is 0 Å². The summed E-state index contributed by atoms with van der Waals surface area (Å²) in [4.78, 5) is 12.6. The lowest BCUT2D eigenvalue weighted by Gasteiger charge is -2.27. The number of amides is 1. The Labute approximate surface area is 172 Å². The summed E-state index contributed by atoms with van der Waals surface area (Å²) >= 11 is 5.70. The van der Waals surface area contributed by atoms with E-state index >= 15 is 0 Å². The number of unbranched alkanes of at least 4 members (excludes halogenated alkanes) is 1. The van der Waals surface area contributed by atoms with Crippen LogP contribution in [0.2, 0.25) is 0 Å². The number of benzene rings is 1. The van der Waals surface area contributed by atoms with Gasteiger partial charge in [-0.15, -0.1) is 0 Å². The summed E-state index contributed by atoms with van der Waals surface area (Å²) in [6.07, 6.45) is 6.34. The summed E-state index contributed by atoms with van der Waals surface area (Å²) < 4.78 is 12.9. The molecule has 1 aliphatic rings. The zero-order valence-electron chi connectivity index (χ0n) is 14.9. The molecule has 2 rings (SSSR count). The van der Waals surface area contributed by atoms with Crippen molar-refractivity contribution in [1.82, 2.24) is 0 Å². The number of ether oxygens (including phenoxy) is 2. The molecule has 0 aromatic heterocycles. The molecule has 0 unspecified atom stereocenters. The summed E-state index contributed by atoms with van der Waals surface area (Å²) in [5, 5.41) is 3.08. The Bertz CT molecular complexity index is 574. The molecule has 0 radical (unpaired) electrons. The fourth-order valence-corrected chi connectivity index (χ4v) is 4.64. The van der Waals surface area contributed by atoms with Crippen LogP contribution in [0.5, 0.6) is 5.75 Å². The molecule has 1 fully saturated rings. The van der Waals surface area contributed by atoms with Crippen molar-refractivity contribution in [3.63, 3.8) is 0 Å². The minimum atomic E-state index is 0.0948. The van der Waals surface area contributed by atoms with E-state index in [9.17, 15) is 4.79 Å². The van der Waals surface area contributed by atoms with Gasteiger partial charge in [-0.25, -0.2) is 0 Å². The van der Waals surface area contributed by atoms with Gasteiger partial charge in [-0.2, -0.15) is 0 Å². The normalized spacial score (nSPS) is 20.3. The van der Waals surface area contributed by atoms with Crippen molar-refractivity contribution in [3.05, 3.63) is 20.2 Å². The SMILES string of the molecule is CCCCOCC1CCC(C(=O)Nc2cc(OC)c(Br)cc2I)CC1. The molecular formula is C19H27BrINO3. The average molecular weight is 524 g/mol. The number of carbonyl (C=O) groups excluding carboxylic acids is 1. The van der Waals surface area contributed by atoms with Crippen LogP contribution in [0.25, 0.3) is 0 Å². The first-order chi connectivity index (χ1) is 12.0. The van der Waals surface area contributed by atoms with Crippen LogP contribution < -0.4 is 10.1 Å². The highest BCUT2D eigenvalue weighted by Gasteiger charge is 2.27. The van der Waals surface area contributed by atoms with E-state index < -0.39 is 0 Å².